The van der Waals surface area contributed by atoms with Crippen molar-refractivity contribution in [1.82, 2.24) is 0 Å². The molecule has 0 fully saturated rings. The molecule has 132 valence electrons. The lowest BCUT2D eigenvalue weighted by Gasteiger charge is -2.08. The molecule has 0 N–H and O–H groups in total. The topological polar surface area (TPSA) is 46.5 Å². The van der Waals surface area contributed by atoms with Crippen LogP contribution in [0.5, 0.6) is 0 Å². The molecule has 0 spiro atoms. The van der Waals surface area contributed by atoms with Gasteiger partial charge in [0.1, 0.15) is 0 Å². The fraction of sp³-hybridized carbons (Fsp3) is 0.667. The van der Waals surface area contributed by atoms with Crippen LogP contribution in [-0.2, 0) is 16.4 Å². The van der Waals surface area contributed by atoms with E-state index in [9.17, 15) is 8.42 Å². The van der Waals surface area contributed by atoms with E-state index in [-0.39, 0.29) is 0 Å². The second-order valence-electron chi connectivity index (χ2n) is 6.09. The molecule has 23 heavy (non-hydrogen) atoms. The summed E-state index contributed by atoms with van der Waals surface area (Å²) in [4.78, 5) is 0.355. The maximum atomic E-state index is 12.6. The van der Waals surface area contributed by atoms with Crippen LogP contribution in [-0.4, -0.2) is 20.7 Å². The Morgan fingerprint density at radius 2 is 1.39 bits per heavy atom. The minimum atomic E-state index is -3.49. The number of hydrogen-bond acceptors (Lipinski definition) is 2. The molecule has 0 atom stereocenters. The summed E-state index contributed by atoms with van der Waals surface area (Å²) >= 11 is 0. The van der Waals surface area contributed by atoms with Crippen LogP contribution < -0.4 is 0 Å². The molecule has 0 saturated carbocycles. The van der Waals surface area contributed by atoms with Gasteiger partial charge >= 0.3 is 0 Å². The summed E-state index contributed by atoms with van der Waals surface area (Å²) in [5.41, 5.74) is 1.20. The van der Waals surface area contributed by atoms with Gasteiger partial charge in [-0.1, -0.05) is 52.2 Å². The fourth-order valence-electron chi connectivity index (χ4n) is 2.41. The molecule has 0 heterocycles. The zero-order valence-electron chi connectivity index (χ0n) is 14.8. The van der Waals surface area contributed by atoms with Gasteiger partial charge in [0.2, 0.25) is 0 Å². The Balaban J connectivity index is 2.90. The predicted octanol–water partition coefficient (Wildman–Crippen LogP) is 5.72. The van der Waals surface area contributed by atoms with E-state index in [1.165, 1.54) is 5.56 Å². The number of unbranched alkanes of at least 4 members (excludes halogenated alkanes) is 3. The normalized spacial score (nSPS) is 11.8. The lowest BCUT2D eigenvalue weighted by molar-refractivity contribution is 0.598. The fourth-order valence-corrected chi connectivity index (χ4v) is 7.17. The number of nitrogens with zero attached hydrogens (tertiary/aromatic N) is 1. The average molecular weight is 358 g/mol. The van der Waals surface area contributed by atoms with Crippen molar-refractivity contribution < 1.29 is 8.42 Å². The molecular formula is C18H32NO2PS. The van der Waals surface area contributed by atoms with Crippen LogP contribution in [0.4, 0.5) is 0 Å². The Morgan fingerprint density at radius 1 is 0.870 bits per heavy atom. The van der Waals surface area contributed by atoms with E-state index in [1.807, 2.05) is 12.1 Å². The second-order valence-corrected chi connectivity index (χ2v) is 10.4. The van der Waals surface area contributed by atoms with Gasteiger partial charge in [-0.05, 0) is 63.4 Å². The van der Waals surface area contributed by atoms with E-state index in [2.05, 4.69) is 24.9 Å². The van der Waals surface area contributed by atoms with Crippen molar-refractivity contribution in [2.75, 3.05) is 12.3 Å². The van der Waals surface area contributed by atoms with Gasteiger partial charge in [-0.25, -0.2) is 0 Å². The van der Waals surface area contributed by atoms with Gasteiger partial charge in [-0.3, -0.25) is 0 Å². The van der Waals surface area contributed by atoms with Crippen LogP contribution in [0.15, 0.2) is 33.3 Å². The molecule has 1 rings (SSSR count). The Hall–Kier alpha value is -0.600. The Kier molecular flexibility index (Phi) is 9.81. The largest absolute Gasteiger partial charge is 0.280 e. The van der Waals surface area contributed by atoms with Crippen molar-refractivity contribution in [3.05, 3.63) is 29.8 Å². The van der Waals surface area contributed by atoms with Crippen LogP contribution in [0.1, 0.15) is 64.9 Å². The zero-order valence-corrected chi connectivity index (χ0v) is 16.7. The third-order valence-electron chi connectivity index (χ3n) is 3.93. The van der Waals surface area contributed by atoms with Crippen molar-refractivity contribution >= 4 is 17.7 Å². The van der Waals surface area contributed by atoms with Crippen molar-refractivity contribution in [3.8, 4) is 0 Å². The van der Waals surface area contributed by atoms with E-state index in [4.69, 9.17) is 0 Å². The number of hydrogen-bond donors (Lipinski definition) is 0. The molecule has 5 heteroatoms. The van der Waals surface area contributed by atoms with Crippen molar-refractivity contribution in [3.63, 3.8) is 0 Å². The van der Waals surface area contributed by atoms with E-state index < -0.39 is 17.7 Å². The van der Waals surface area contributed by atoms with Crippen molar-refractivity contribution in [2.24, 2.45) is 4.15 Å². The first-order valence-electron chi connectivity index (χ1n) is 8.95. The van der Waals surface area contributed by atoms with Crippen LogP contribution in [0.3, 0.4) is 0 Å². The summed E-state index contributed by atoms with van der Waals surface area (Å²) in [6.45, 7) is 6.44. The van der Waals surface area contributed by atoms with Crippen LogP contribution in [0.25, 0.3) is 0 Å². The Labute approximate surface area is 143 Å². The molecule has 0 amide bonds. The van der Waals surface area contributed by atoms with E-state index in [0.29, 0.717) is 4.90 Å². The Bertz CT molecular complexity index is 570. The molecule has 1 aromatic rings. The first-order valence-corrected chi connectivity index (χ1v) is 12.2. The highest BCUT2D eigenvalue weighted by Crippen LogP contribution is 2.32. The molecule has 0 aromatic heterocycles. The number of aryl methyl sites for hydroxylation is 1. The van der Waals surface area contributed by atoms with Gasteiger partial charge in [0.05, 0.1) is 4.90 Å². The van der Waals surface area contributed by atoms with Crippen molar-refractivity contribution in [2.45, 2.75) is 70.6 Å². The Morgan fingerprint density at radius 3 is 1.87 bits per heavy atom. The average Bonchev–Trinajstić information content (AvgIpc) is 2.55. The summed E-state index contributed by atoms with van der Waals surface area (Å²) in [5, 5.41) is 0. The molecule has 0 bridgehead atoms. The van der Waals surface area contributed by atoms with E-state index >= 15 is 0 Å². The third kappa shape index (κ3) is 7.67. The number of sulfonamides is 1. The predicted molar refractivity (Wildman–Crippen MR) is 103 cm³/mol. The molecule has 0 saturated heterocycles. The summed E-state index contributed by atoms with van der Waals surface area (Å²) in [5.74, 6) is 0. The highest BCUT2D eigenvalue weighted by molar-refractivity contribution is 7.92. The van der Waals surface area contributed by atoms with Gasteiger partial charge in [0.15, 0.2) is 0 Å². The third-order valence-corrected chi connectivity index (χ3v) is 8.65. The van der Waals surface area contributed by atoms with E-state index in [1.54, 1.807) is 12.1 Å². The molecule has 0 aliphatic carbocycles. The van der Waals surface area contributed by atoms with E-state index in [0.717, 1.165) is 57.3 Å². The summed E-state index contributed by atoms with van der Waals surface area (Å²) in [6.07, 6.45) is 9.58. The SMILES string of the molecule is CCCCc1ccc(S(=O)(=O)N=[PH](CCCC)CCCC)cc1. The number of benzene rings is 1. The van der Waals surface area contributed by atoms with Crippen molar-refractivity contribution in [1.29, 1.82) is 0 Å². The molecule has 3 nitrogen and oxygen atoms in total. The van der Waals surface area contributed by atoms with Crippen LogP contribution in [0.2, 0.25) is 0 Å². The maximum Gasteiger partial charge on any atom is 0.280 e. The molecule has 0 unspecified atom stereocenters. The standard InChI is InChI=1S/C18H32NO2PS/c1-4-7-10-17-11-13-18(14-12-17)23(20,21)19-22(15-8-5-2)16-9-6-3/h11-14,22H,4-10,15-16H2,1-3H3. The minimum absolute atomic E-state index is 0.355. The first kappa shape index (κ1) is 20.4. The summed E-state index contributed by atoms with van der Waals surface area (Å²) in [7, 11) is -4.65. The van der Waals surface area contributed by atoms with Crippen LogP contribution >= 0.6 is 7.71 Å². The van der Waals surface area contributed by atoms with Gasteiger partial charge in [0, 0.05) is 0 Å². The lowest BCUT2D eigenvalue weighted by atomic mass is 10.1. The summed E-state index contributed by atoms with van der Waals surface area (Å²) in [6, 6.07) is 7.32. The van der Waals surface area contributed by atoms with Crippen LogP contribution in [0, 0.1) is 0 Å². The first-order chi connectivity index (χ1) is 11.0. The molecule has 0 aliphatic rings. The molecule has 1 aromatic carbocycles. The van der Waals surface area contributed by atoms with Gasteiger partial charge in [-0.15, -0.1) is 0 Å². The second kappa shape index (κ2) is 11.0. The molecular weight excluding hydrogens is 325 g/mol. The lowest BCUT2D eigenvalue weighted by Crippen LogP contribution is -1.97. The smallest absolute Gasteiger partial charge is 0.199 e. The molecule has 0 radical (unpaired) electrons. The maximum absolute atomic E-state index is 12.6. The highest BCUT2D eigenvalue weighted by Gasteiger charge is 2.13. The quantitative estimate of drug-likeness (QED) is 0.476. The summed E-state index contributed by atoms with van der Waals surface area (Å²) < 4.78 is 29.4. The number of rotatable bonds is 11. The zero-order chi connectivity index (χ0) is 17.1. The highest BCUT2D eigenvalue weighted by atomic mass is 32.2. The molecule has 0 aliphatic heterocycles. The van der Waals surface area contributed by atoms with Gasteiger partial charge < -0.3 is 0 Å². The minimum Gasteiger partial charge on any atom is -0.199 e. The monoisotopic (exact) mass is 357 g/mol. The van der Waals surface area contributed by atoms with Gasteiger partial charge in [0.25, 0.3) is 10.0 Å². The van der Waals surface area contributed by atoms with Gasteiger partial charge in [-0.2, -0.15) is 12.6 Å².